The lowest BCUT2D eigenvalue weighted by molar-refractivity contribution is -0.150. The van der Waals surface area contributed by atoms with E-state index in [1.807, 2.05) is 24.3 Å². The van der Waals surface area contributed by atoms with E-state index >= 15 is 0 Å². The average molecular weight is 310 g/mol. The number of aromatic nitrogens is 1. The summed E-state index contributed by atoms with van der Waals surface area (Å²) < 4.78 is 5.10. The van der Waals surface area contributed by atoms with Crippen molar-refractivity contribution in [1.29, 1.82) is 0 Å². The zero-order chi connectivity index (χ0) is 16.1. The van der Waals surface area contributed by atoms with Crippen molar-refractivity contribution in [2.45, 2.75) is 24.8 Å². The first-order valence-corrected chi connectivity index (χ1v) is 8.01. The number of hydrogen-bond acceptors (Lipinski definition) is 4. The minimum absolute atomic E-state index is 0.171. The van der Waals surface area contributed by atoms with E-state index in [2.05, 4.69) is 34.1 Å². The monoisotopic (exact) mass is 310 g/mol. The molecule has 0 unspecified atom stereocenters. The first-order valence-electron chi connectivity index (χ1n) is 8.01. The van der Waals surface area contributed by atoms with Crippen LogP contribution in [-0.4, -0.2) is 36.1 Å². The van der Waals surface area contributed by atoms with Crippen LogP contribution in [0.2, 0.25) is 0 Å². The standard InChI is InChI=1S/C19H22N2O2/c1-23-18(22)19(17-9-5-6-12-20-17)10-13-21(14-11-19)15-16-7-3-2-4-8-16/h2-9,12H,10-11,13-15H2,1H3. The van der Waals surface area contributed by atoms with E-state index in [4.69, 9.17) is 4.74 Å². The third-order valence-corrected chi connectivity index (χ3v) is 4.69. The van der Waals surface area contributed by atoms with Gasteiger partial charge in [-0.1, -0.05) is 36.4 Å². The van der Waals surface area contributed by atoms with E-state index in [9.17, 15) is 4.79 Å². The Morgan fingerprint density at radius 3 is 2.43 bits per heavy atom. The molecule has 0 spiro atoms. The topological polar surface area (TPSA) is 42.4 Å². The number of esters is 1. The Bertz CT molecular complexity index is 635. The molecular weight excluding hydrogens is 288 g/mol. The Labute approximate surface area is 137 Å². The van der Waals surface area contributed by atoms with Crippen molar-refractivity contribution >= 4 is 5.97 Å². The summed E-state index contributed by atoms with van der Waals surface area (Å²) >= 11 is 0. The van der Waals surface area contributed by atoms with Crippen LogP contribution in [0.3, 0.4) is 0 Å². The summed E-state index contributed by atoms with van der Waals surface area (Å²) in [6.45, 7) is 2.64. The van der Waals surface area contributed by atoms with Crippen molar-refractivity contribution in [3.63, 3.8) is 0 Å². The molecule has 0 aliphatic carbocycles. The van der Waals surface area contributed by atoms with Gasteiger partial charge in [0, 0.05) is 12.7 Å². The van der Waals surface area contributed by atoms with Crippen molar-refractivity contribution < 1.29 is 9.53 Å². The van der Waals surface area contributed by atoms with Crippen LogP contribution in [0, 0.1) is 0 Å². The number of carbonyl (C=O) groups excluding carboxylic acids is 1. The first kappa shape index (κ1) is 15.7. The van der Waals surface area contributed by atoms with Gasteiger partial charge in [-0.2, -0.15) is 0 Å². The second-order valence-electron chi connectivity index (χ2n) is 6.05. The maximum absolute atomic E-state index is 12.5. The van der Waals surface area contributed by atoms with E-state index in [0.29, 0.717) is 0 Å². The first-order chi connectivity index (χ1) is 11.2. The van der Waals surface area contributed by atoms with Gasteiger partial charge in [-0.05, 0) is 43.6 Å². The van der Waals surface area contributed by atoms with Crippen LogP contribution >= 0.6 is 0 Å². The molecule has 1 aromatic heterocycles. The second-order valence-corrected chi connectivity index (χ2v) is 6.05. The molecule has 1 fully saturated rings. The molecule has 4 heteroatoms. The largest absolute Gasteiger partial charge is 0.468 e. The Morgan fingerprint density at radius 2 is 1.83 bits per heavy atom. The molecule has 23 heavy (non-hydrogen) atoms. The van der Waals surface area contributed by atoms with Gasteiger partial charge in [-0.3, -0.25) is 14.7 Å². The normalized spacial score (nSPS) is 17.6. The van der Waals surface area contributed by atoms with Crippen LogP contribution in [0.15, 0.2) is 54.7 Å². The van der Waals surface area contributed by atoms with Gasteiger partial charge in [-0.25, -0.2) is 0 Å². The highest BCUT2D eigenvalue weighted by molar-refractivity contribution is 5.82. The van der Waals surface area contributed by atoms with Crippen molar-refractivity contribution in [2.75, 3.05) is 20.2 Å². The summed E-state index contributed by atoms with van der Waals surface area (Å²) in [5.74, 6) is -0.171. The Hall–Kier alpha value is -2.20. The molecule has 0 N–H and O–H groups in total. The van der Waals surface area contributed by atoms with Crippen molar-refractivity contribution in [1.82, 2.24) is 9.88 Å². The third-order valence-electron chi connectivity index (χ3n) is 4.69. The molecule has 120 valence electrons. The highest BCUT2D eigenvalue weighted by Crippen LogP contribution is 2.36. The van der Waals surface area contributed by atoms with Gasteiger partial charge >= 0.3 is 5.97 Å². The molecule has 0 atom stereocenters. The molecule has 0 saturated carbocycles. The number of nitrogens with zero attached hydrogens (tertiary/aromatic N) is 2. The van der Waals surface area contributed by atoms with E-state index in [-0.39, 0.29) is 5.97 Å². The minimum Gasteiger partial charge on any atom is -0.468 e. The van der Waals surface area contributed by atoms with E-state index in [1.54, 1.807) is 6.20 Å². The molecule has 1 aromatic carbocycles. The summed E-state index contributed by atoms with van der Waals surface area (Å²) in [4.78, 5) is 19.3. The fourth-order valence-corrected chi connectivity index (χ4v) is 3.34. The van der Waals surface area contributed by atoms with Gasteiger partial charge in [0.2, 0.25) is 0 Å². The zero-order valence-electron chi connectivity index (χ0n) is 13.4. The number of benzene rings is 1. The van der Waals surface area contributed by atoms with Gasteiger partial charge in [0.1, 0.15) is 5.41 Å². The number of carbonyl (C=O) groups is 1. The molecular formula is C19H22N2O2. The Morgan fingerprint density at radius 1 is 1.13 bits per heavy atom. The summed E-state index contributed by atoms with van der Waals surface area (Å²) in [5, 5.41) is 0. The molecule has 0 bridgehead atoms. The fraction of sp³-hybridized carbons (Fsp3) is 0.368. The van der Waals surface area contributed by atoms with Gasteiger partial charge in [0.05, 0.1) is 12.8 Å². The lowest BCUT2D eigenvalue weighted by atomic mass is 9.75. The molecule has 0 amide bonds. The van der Waals surface area contributed by atoms with E-state index in [0.717, 1.165) is 38.2 Å². The average Bonchev–Trinajstić information content (AvgIpc) is 2.63. The van der Waals surface area contributed by atoms with Gasteiger partial charge in [0.25, 0.3) is 0 Å². The molecule has 4 nitrogen and oxygen atoms in total. The number of hydrogen-bond donors (Lipinski definition) is 0. The lowest BCUT2D eigenvalue weighted by Gasteiger charge is -2.39. The number of methoxy groups -OCH3 is 1. The number of ether oxygens (including phenoxy) is 1. The summed E-state index contributed by atoms with van der Waals surface area (Å²) in [6, 6.07) is 16.2. The molecule has 0 radical (unpaired) electrons. The predicted octanol–water partition coefficient (Wildman–Crippen LogP) is 2.79. The van der Waals surface area contributed by atoms with Crippen LogP contribution < -0.4 is 0 Å². The van der Waals surface area contributed by atoms with Crippen molar-refractivity contribution in [2.24, 2.45) is 0 Å². The van der Waals surface area contributed by atoms with Crippen LogP contribution in [0.4, 0.5) is 0 Å². The van der Waals surface area contributed by atoms with Gasteiger partial charge in [-0.15, -0.1) is 0 Å². The van der Waals surface area contributed by atoms with Crippen LogP contribution in [0.5, 0.6) is 0 Å². The van der Waals surface area contributed by atoms with Crippen molar-refractivity contribution in [3.05, 3.63) is 66.0 Å². The van der Waals surface area contributed by atoms with Crippen molar-refractivity contribution in [3.8, 4) is 0 Å². The molecule has 1 saturated heterocycles. The lowest BCUT2D eigenvalue weighted by Crippen LogP contribution is -2.48. The Kier molecular flexibility index (Phi) is 4.72. The number of piperidine rings is 1. The summed E-state index contributed by atoms with van der Waals surface area (Å²) in [5.41, 5.74) is 1.52. The smallest absolute Gasteiger partial charge is 0.317 e. The van der Waals surface area contributed by atoms with Crippen LogP contribution in [0.1, 0.15) is 24.1 Å². The number of pyridine rings is 1. The Balaban J connectivity index is 1.74. The zero-order valence-corrected chi connectivity index (χ0v) is 13.4. The van der Waals surface area contributed by atoms with Crippen LogP contribution in [-0.2, 0) is 21.5 Å². The predicted molar refractivity (Wildman–Crippen MR) is 88.9 cm³/mol. The van der Waals surface area contributed by atoms with Gasteiger partial charge < -0.3 is 4.74 Å². The molecule has 1 aliphatic rings. The van der Waals surface area contributed by atoms with Crippen LogP contribution in [0.25, 0.3) is 0 Å². The molecule has 1 aliphatic heterocycles. The highest BCUT2D eigenvalue weighted by atomic mass is 16.5. The minimum atomic E-state index is -0.608. The van der Waals surface area contributed by atoms with E-state index in [1.165, 1.54) is 12.7 Å². The molecule has 2 heterocycles. The second kappa shape index (κ2) is 6.92. The number of rotatable bonds is 4. The molecule has 2 aromatic rings. The van der Waals surface area contributed by atoms with E-state index < -0.39 is 5.41 Å². The molecule has 3 rings (SSSR count). The fourth-order valence-electron chi connectivity index (χ4n) is 3.34. The third kappa shape index (κ3) is 3.27. The summed E-state index contributed by atoms with van der Waals surface area (Å²) in [6.07, 6.45) is 3.23. The van der Waals surface area contributed by atoms with Gasteiger partial charge in [0.15, 0.2) is 0 Å². The maximum atomic E-state index is 12.5. The summed E-state index contributed by atoms with van der Waals surface area (Å²) in [7, 11) is 1.46. The maximum Gasteiger partial charge on any atom is 0.317 e. The SMILES string of the molecule is COC(=O)C1(c2ccccn2)CCN(Cc2ccccc2)CC1. The quantitative estimate of drug-likeness (QED) is 0.815. The number of likely N-dealkylation sites (tertiary alicyclic amines) is 1. The highest BCUT2D eigenvalue weighted by Gasteiger charge is 2.45.